The van der Waals surface area contributed by atoms with Crippen molar-refractivity contribution >= 4 is 11.5 Å². The summed E-state index contributed by atoms with van der Waals surface area (Å²) in [4.78, 5) is 4.07. The van der Waals surface area contributed by atoms with E-state index >= 15 is 0 Å². The molecule has 0 spiro atoms. The average molecular weight is 222 g/mol. The summed E-state index contributed by atoms with van der Waals surface area (Å²) in [7, 11) is 0. The number of anilines is 2. The zero-order valence-electron chi connectivity index (χ0n) is 9.49. The molecule has 88 valence electrons. The summed E-state index contributed by atoms with van der Waals surface area (Å²) in [5, 5.41) is 3.47. The van der Waals surface area contributed by atoms with Gasteiger partial charge in [-0.25, -0.2) is 10.8 Å². The number of nitrogens with two attached hydrogens (primary N) is 1. The molecule has 0 aliphatic carbocycles. The molecule has 0 saturated carbocycles. The van der Waals surface area contributed by atoms with Gasteiger partial charge in [0.15, 0.2) is 0 Å². The van der Waals surface area contributed by atoms with E-state index in [1.165, 1.54) is 0 Å². The third-order valence-corrected chi connectivity index (χ3v) is 2.79. The highest BCUT2D eigenvalue weighted by Gasteiger charge is 2.27. The Hall–Kier alpha value is -1.33. The van der Waals surface area contributed by atoms with E-state index in [4.69, 9.17) is 10.6 Å². The van der Waals surface area contributed by atoms with Crippen molar-refractivity contribution in [3.63, 3.8) is 0 Å². The predicted molar refractivity (Wildman–Crippen MR) is 64.1 cm³/mol. The summed E-state index contributed by atoms with van der Waals surface area (Å²) in [6.45, 7) is 3.77. The topological polar surface area (TPSA) is 72.2 Å². The molecule has 1 aromatic rings. The second kappa shape index (κ2) is 4.67. The van der Waals surface area contributed by atoms with E-state index in [1.807, 2.05) is 12.1 Å². The molecule has 0 radical (unpaired) electrons. The summed E-state index contributed by atoms with van der Waals surface area (Å²) in [6.07, 6.45) is 3.93. The first-order valence-electron chi connectivity index (χ1n) is 5.50. The number of rotatable bonds is 3. The fourth-order valence-electron chi connectivity index (χ4n) is 1.97. The second-order valence-corrected chi connectivity index (χ2v) is 4.42. The molecule has 1 atom stereocenters. The lowest BCUT2D eigenvalue weighted by molar-refractivity contribution is 0.0540. The molecule has 4 N–H and O–H groups in total. The molecule has 1 saturated heterocycles. The van der Waals surface area contributed by atoms with Gasteiger partial charge in [0, 0.05) is 24.6 Å². The van der Waals surface area contributed by atoms with Gasteiger partial charge in [0.2, 0.25) is 0 Å². The van der Waals surface area contributed by atoms with Gasteiger partial charge in [0.1, 0.15) is 5.82 Å². The Labute approximate surface area is 95.4 Å². The normalized spacial score (nSPS) is 25.1. The molecule has 1 aliphatic rings. The van der Waals surface area contributed by atoms with Crippen LogP contribution in [-0.4, -0.2) is 23.7 Å². The molecule has 1 fully saturated rings. The molecule has 1 aromatic heterocycles. The summed E-state index contributed by atoms with van der Waals surface area (Å²) < 4.78 is 5.50. The maximum absolute atomic E-state index is 5.50. The van der Waals surface area contributed by atoms with Crippen molar-refractivity contribution in [2.45, 2.75) is 25.3 Å². The Morgan fingerprint density at radius 1 is 1.56 bits per heavy atom. The van der Waals surface area contributed by atoms with E-state index in [0.29, 0.717) is 5.82 Å². The minimum atomic E-state index is 0.00543. The largest absolute Gasteiger partial charge is 0.379 e. The number of pyridine rings is 1. The molecule has 0 aromatic carbocycles. The monoisotopic (exact) mass is 222 g/mol. The van der Waals surface area contributed by atoms with Gasteiger partial charge in [-0.1, -0.05) is 0 Å². The van der Waals surface area contributed by atoms with E-state index in [-0.39, 0.29) is 5.54 Å². The Balaban J connectivity index is 2.07. The van der Waals surface area contributed by atoms with E-state index < -0.39 is 0 Å². The smallest absolute Gasteiger partial charge is 0.141 e. The van der Waals surface area contributed by atoms with Gasteiger partial charge < -0.3 is 15.5 Å². The molecule has 1 unspecified atom stereocenters. The molecule has 0 bridgehead atoms. The van der Waals surface area contributed by atoms with Crippen molar-refractivity contribution in [2.24, 2.45) is 5.84 Å². The second-order valence-electron chi connectivity index (χ2n) is 4.42. The third-order valence-electron chi connectivity index (χ3n) is 2.79. The number of aromatic nitrogens is 1. The number of nitrogen functional groups attached to an aromatic ring is 1. The minimum absolute atomic E-state index is 0.00543. The number of hydrogen-bond acceptors (Lipinski definition) is 5. The van der Waals surface area contributed by atoms with Crippen molar-refractivity contribution in [3.05, 3.63) is 18.3 Å². The minimum Gasteiger partial charge on any atom is -0.379 e. The first kappa shape index (κ1) is 11.2. The summed E-state index contributed by atoms with van der Waals surface area (Å²) in [5.74, 6) is 5.98. The SMILES string of the molecule is CC1(Nc2ccnc(NN)c2)CCCOC1. The van der Waals surface area contributed by atoms with Gasteiger partial charge in [0.25, 0.3) is 0 Å². The van der Waals surface area contributed by atoms with Gasteiger partial charge >= 0.3 is 0 Å². The lowest BCUT2D eigenvalue weighted by Crippen LogP contribution is -2.43. The van der Waals surface area contributed by atoms with E-state index in [0.717, 1.165) is 31.7 Å². The van der Waals surface area contributed by atoms with Crippen LogP contribution in [0.2, 0.25) is 0 Å². The molecule has 0 amide bonds. The van der Waals surface area contributed by atoms with Crippen LogP contribution >= 0.6 is 0 Å². The molecule has 16 heavy (non-hydrogen) atoms. The quantitative estimate of drug-likeness (QED) is 0.532. The zero-order valence-corrected chi connectivity index (χ0v) is 9.49. The van der Waals surface area contributed by atoms with Gasteiger partial charge in [-0.05, 0) is 25.8 Å². The highest BCUT2D eigenvalue weighted by atomic mass is 16.5. The van der Waals surface area contributed by atoms with Crippen LogP contribution in [0.1, 0.15) is 19.8 Å². The van der Waals surface area contributed by atoms with Crippen LogP contribution in [0.5, 0.6) is 0 Å². The molecule has 5 nitrogen and oxygen atoms in total. The molecule has 5 heteroatoms. The zero-order chi connectivity index (χ0) is 11.4. The Kier molecular flexibility index (Phi) is 3.26. The average Bonchev–Trinajstić information content (AvgIpc) is 2.29. The Bertz CT molecular complexity index is 350. The van der Waals surface area contributed by atoms with E-state index in [1.54, 1.807) is 6.20 Å². The Morgan fingerprint density at radius 2 is 2.44 bits per heavy atom. The third kappa shape index (κ3) is 2.62. The number of ether oxygens (including phenoxy) is 1. The maximum atomic E-state index is 5.50. The fourth-order valence-corrected chi connectivity index (χ4v) is 1.97. The van der Waals surface area contributed by atoms with Crippen molar-refractivity contribution in [3.8, 4) is 0 Å². The Morgan fingerprint density at radius 3 is 3.12 bits per heavy atom. The van der Waals surface area contributed by atoms with Gasteiger partial charge in [-0.2, -0.15) is 0 Å². The van der Waals surface area contributed by atoms with E-state index in [9.17, 15) is 0 Å². The van der Waals surface area contributed by atoms with Crippen molar-refractivity contribution in [2.75, 3.05) is 24.0 Å². The van der Waals surface area contributed by atoms with Crippen LogP contribution in [0.4, 0.5) is 11.5 Å². The van der Waals surface area contributed by atoms with Crippen molar-refractivity contribution in [1.29, 1.82) is 0 Å². The van der Waals surface area contributed by atoms with Crippen molar-refractivity contribution in [1.82, 2.24) is 4.98 Å². The van der Waals surface area contributed by atoms with Gasteiger partial charge in [-0.3, -0.25) is 0 Å². The molecular weight excluding hydrogens is 204 g/mol. The first-order chi connectivity index (χ1) is 7.72. The van der Waals surface area contributed by atoms with Crippen LogP contribution in [0.15, 0.2) is 18.3 Å². The standard InChI is InChI=1S/C11H18N4O/c1-11(4-2-6-16-8-11)14-9-3-5-13-10(7-9)15-12/h3,5,7H,2,4,6,8,12H2,1H3,(H2,13,14,15). The number of nitrogens with one attached hydrogen (secondary N) is 2. The highest BCUT2D eigenvalue weighted by Crippen LogP contribution is 2.24. The number of hydrazine groups is 1. The van der Waals surface area contributed by atoms with E-state index in [2.05, 4.69) is 22.7 Å². The molecule has 2 heterocycles. The van der Waals surface area contributed by atoms with Crippen LogP contribution in [-0.2, 0) is 4.74 Å². The first-order valence-corrected chi connectivity index (χ1v) is 5.50. The highest BCUT2D eigenvalue weighted by molar-refractivity contribution is 5.52. The summed E-state index contributed by atoms with van der Waals surface area (Å²) in [5.41, 5.74) is 3.55. The van der Waals surface area contributed by atoms with Crippen LogP contribution in [0.25, 0.3) is 0 Å². The van der Waals surface area contributed by atoms with Crippen LogP contribution in [0.3, 0.4) is 0 Å². The van der Waals surface area contributed by atoms with Crippen LogP contribution in [0, 0.1) is 0 Å². The number of nitrogens with zero attached hydrogens (tertiary/aromatic N) is 1. The number of hydrogen-bond donors (Lipinski definition) is 3. The maximum Gasteiger partial charge on any atom is 0.141 e. The van der Waals surface area contributed by atoms with Gasteiger partial charge in [0.05, 0.1) is 12.1 Å². The molecule has 2 rings (SSSR count). The molecule has 1 aliphatic heterocycles. The lowest BCUT2D eigenvalue weighted by Gasteiger charge is -2.35. The molecular formula is C11H18N4O. The van der Waals surface area contributed by atoms with Gasteiger partial charge in [-0.15, -0.1) is 0 Å². The summed E-state index contributed by atoms with van der Waals surface area (Å²) >= 11 is 0. The lowest BCUT2D eigenvalue weighted by atomic mass is 9.94. The van der Waals surface area contributed by atoms with Crippen LogP contribution < -0.4 is 16.6 Å². The summed E-state index contributed by atoms with van der Waals surface area (Å²) in [6, 6.07) is 3.82. The van der Waals surface area contributed by atoms with Crippen molar-refractivity contribution < 1.29 is 4.74 Å². The predicted octanol–water partition coefficient (Wildman–Crippen LogP) is 1.35. The fraction of sp³-hybridized carbons (Fsp3) is 0.545.